The number of piperidine rings is 1. The summed E-state index contributed by atoms with van der Waals surface area (Å²) in [6, 6.07) is 4.10. The van der Waals surface area contributed by atoms with Crippen molar-refractivity contribution in [1.82, 2.24) is 9.88 Å². The van der Waals surface area contributed by atoms with E-state index in [-0.39, 0.29) is 5.92 Å². The van der Waals surface area contributed by atoms with Gasteiger partial charge in [0.05, 0.1) is 0 Å². The van der Waals surface area contributed by atoms with Crippen LogP contribution in [-0.2, 0) is 11.2 Å². The number of hydrogen-bond acceptors (Lipinski definition) is 2. The standard InChI is InChI=1S/C15H22N2O/c1-12(2)15(18)17-8-4-6-14(11-17)9-13-5-3-7-16-10-13/h3,5,7,10,12,14H,4,6,8-9,11H2,1-2H3/t14-/m1/s1. The van der Waals surface area contributed by atoms with Crippen molar-refractivity contribution in [1.29, 1.82) is 0 Å². The Hall–Kier alpha value is -1.38. The summed E-state index contributed by atoms with van der Waals surface area (Å²) in [5, 5.41) is 0. The van der Waals surface area contributed by atoms with E-state index in [0.717, 1.165) is 25.9 Å². The molecule has 1 aliphatic rings. The third kappa shape index (κ3) is 3.31. The molecule has 1 aromatic heterocycles. The summed E-state index contributed by atoms with van der Waals surface area (Å²) in [6.45, 7) is 5.80. The van der Waals surface area contributed by atoms with E-state index >= 15 is 0 Å². The molecule has 1 atom stereocenters. The molecule has 3 nitrogen and oxygen atoms in total. The first kappa shape index (κ1) is 13.1. The van der Waals surface area contributed by atoms with Gasteiger partial charge >= 0.3 is 0 Å². The Balaban J connectivity index is 1.93. The van der Waals surface area contributed by atoms with Crippen LogP contribution in [0.5, 0.6) is 0 Å². The predicted octanol–water partition coefficient (Wildman–Crippen LogP) is 2.52. The summed E-state index contributed by atoms with van der Waals surface area (Å²) < 4.78 is 0. The third-order valence-corrected chi connectivity index (χ3v) is 3.57. The molecule has 1 aliphatic heterocycles. The highest BCUT2D eigenvalue weighted by Gasteiger charge is 2.25. The van der Waals surface area contributed by atoms with Crippen molar-refractivity contribution in [2.75, 3.05) is 13.1 Å². The molecule has 0 bridgehead atoms. The monoisotopic (exact) mass is 246 g/mol. The van der Waals surface area contributed by atoms with E-state index in [1.165, 1.54) is 12.0 Å². The first-order valence-electron chi connectivity index (χ1n) is 6.84. The second-order valence-corrected chi connectivity index (χ2v) is 5.51. The van der Waals surface area contributed by atoms with Crippen LogP contribution in [0.15, 0.2) is 24.5 Å². The number of likely N-dealkylation sites (tertiary alicyclic amines) is 1. The first-order valence-corrected chi connectivity index (χ1v) is 6.84. The second-order valence-electron chi connectivity index (χ2n) is 5.51. The Labute approximate surface area is 109 Å². The number of rotatable bonds is 3. The van der Waals surface area contributed by atoms with Gasteiger partial charge in [0.1, 0.15) is 0 Å². The topological polar surface area (TPSA) is 33.2 Å². The summed E-state index contributed by atoms with van der Waals surface area (Å²) in [5.74, 6) is 0.999. The van der Waals surface area contributed by atoms with Crippen LogP contribution in [0.25, 0.3) is 0 Å². The molecule has 1 saturated heterocycles. The highest BCUT2D eigenvalue weighted by Crippen LogP contribution is 2.21. The molecule has 1 amide bonds. The summed E-state index contributed by atoms with van der Waals surface area (Å²) in [4.78, 5) is 18.2. The fourth-order valence-corrected chi connectivity index (χ4v) is 2.65. The molecule has 3 heteroatoms. The molecule has 0 spiro atoms. The number of carbonyl (C=O) groups is 1. The maximum atomic E-state index is 12.0. The fraction of sp³-hybridized carbons (Fsp3) is 0.600. The van der Waals surface area contributed by atoms with Gasteiger partial charge in [0.25, 0.3) is 0 Å². The molecule has 2 rings (SSSR count). The summed E-state index contributed by atoms with van der Waals surface area (Å²) >= 11 is 0. The summed E-state index contributed by atoms with van der Waals surface area (Å²) in [5.41, 5.74) is 1.28. The van der Waals surface area contributed by atoms with E-state index in [1.807, 2.05) is 31.0 Å². The van der Waals surface area contributed by atoms with Crippen LogP contribution in [0, 0.1) is 11.8 Å². The highest BCUT2D eigenvalue weighted by molar-refractivity contribution is 5.78. The molecule has 2 heterocycles. The molecule has 0 saturated carbocycles. The number of nitrogens with zero attached hydrogens (tertiary/aromatic N) is 2. The average Bonchev–Trinajstić information content (AvgIpc) is 2.39. The molecule has 0 aliphatic carbocycles. The summed E-state index contributed by atoms with van der Waals surface area (Å²) in [7, 11) is 0. The van der Waals surface area contributed by atoms with Gasteiger partial charge in [0.2, 0.25) is 5.91 Å². The number of aromatic nitrogens is 1. The van der Waals surface area contributed by atoms with Crippen molar-refractivity contribution in [3.63, 3.8) is 0 Å². The molecule has 18 heavy (non-hydrogen) atoms. The lowest BCUT2D eigenvalue weighted by atomic mass is 9.91. The molecule has 1 fully saturated rings. The van der Waals surface area contributed by atoms with Crippen LogP contribution in [0.4, 0.5) is 0 Å². The molecule has 0 N–H and O–H groups in total. The molecule has 98 valence electrons. The quantitative estimate of drug-likeness (QED) is 0.821. The first-order chi connectivity index (χ1) is 8.66. The highest BCUT2D eigenvalue weighted by atomic mass is 16.2. The Morgan fingerprint density at radius 3 is 3.06 bits per heavy atom. The van der Waals surface area contributed by atoms with E-state index in [2.05, 4.69) is 11.1 Å². The Kier molecular flexibility index (Phi) is 4.34. The Morgan fingerprint density at radius 2 is 2.39 bits per heavy atom. The van der Waals surface area contributed by atoms with Gasteiger partial charge in [-0.15, -0.1) is 0 Å². The number of pyridine rings is 1. The van der Waals surface area contributed by atoms with Crippen LogP contribution in [0.1, 0.15) is 32.3 Å². The maximum Gasteiger partial charge on any atom is 0.225 e. The van der Waals surface area contributed by atoms with Gasteiger partial charge in [0.15, 0.2) is 0 Å². The van der Waals surface area contributed by atoms with Gasteiger partial charge in [-0.25, -0.2) is 0 Å². The lowest BCUT2D eigenvalue weighted by Gasteiger charge is -2.34. The fourth-order valence-electron chi connectivity index (χ4n) is 2.65. The van der Waals surface area contributed by atoms with Crippen LogP contribution in [0.3, 0.4) is 0 Å². The van der Waals surface area contributed by atoms with Gasteiger partial charge in [-0.05, 0) is 36.8 Å². The minimum atomic E-state index is 0.113. The lowest BCUT2D eigenvalue weighted by Crippen LogP contribution is -2.42. The molecular weight excluding hydrogens is 224 g/mol. The van der Waals surface area contributed by atoms with Crippen LogP contribution in [0.2, 0.25) is 0 Å². The van der Waals surface area contributed by atoms with Gasteiger partial charge < -0.3 is 4.90 Å². The number of carbonyl (C=O) groups excluding carboxylic acids is 1. The third-order valence-electron chi connectivity index (χ3n) is 3.57. The van der Waals surface area contributed by atoms with E-state index in [4.69, 9.17) is 0 Å². The zero-order chi connectivity index (χ0) is 13.0. The van der Waals surface area contributed by atoms with Crippen molar-refractivity contribution in [2.45, 2.75) is 33.1 Å². The molecule has 0 aromatic carbocycles. The smallest absolute Gasteiger partial charge is 0.225 e. The Bertz CT molecular complexity index is 389. The molecule has 0 radical (unpaired) electrons. The zero-order valence-electron chi connectivity index (χ0n) is 11.3. The van der Waals surface area contributed by atoms with Gasteiger partial charge in [0, 0.05) is 31.4 Å². The largest absolute Gasteiger partial charge is 0.342 e. The van der Waals surface area contributed by atoms with Gasteiger partial charge in [-0.3, -0.25) is 9.78 Å². The van der Waals surface area contributed by atoms with Gasteiger partial charge in [-0.2, -0.15) is 0 Å². The van der Waals surface area contributed by atoms with Crippen molar-refractivity contribution in [3.8, 4) is 0 Å². The Morgan fingerprint density at radius 1 is 1.56 bits per heavy atom. The number of hydrogen-bond donors (Lipinski definition) is 0. The molecule has 0 unspecified atom stereocenters. The maximum absolute atomic E-state index is 12.0. The van der Waals surface area contributed by atoms with Crippen molar-refractivity contribution >= 4 is 5.91 Å². The number of amides is 1. The normalized spacial score (nSPS) is 20.2. The minimum absolute atomic E-state index is 0.113. The van der Waals surface area contributed by atoms with E-state index in [0.29, 0.717) is 11.8 Å². The molecular formula is C15H22N2O. The minimum Gasteiger partial charge on any atom is -0.342 e. The van der Waals surface area contributed by atoms with Crippen LogP contribution in [-0.4, -0.2) is 28.9 Å². The van der Waals surface area contributed by atoms with Crippen molar-refractivity contribution < 1.29 is 4.79 Å². The van der Waals surface area contributed by atoms with Crippen molar-refractivity contribution in [3.05, 3.63) is 30.1 Å². The lowest BCUT2D eigenvalue weighted by molar-refractivity contribution is -0.136. The summed E-state index contributed by atoms with van der Waals surface area (Å²) in [6.07, 6.45) is 7.12. The van der Waals surface area contributed by atoms with E-state index in [9.17, 15) is 4.79 Å². The second kappa shape index (κ2) is 5.98. The van der Waals surface area contributed by atoms with Crippen LogP contribution >= 0.6 is 0 Å². The predicted molar refractivity (Wildman–Crippen MR) is 72.1 cm³/mol. The molecule has 1 aromatic rings. The van der Waals surface area contributed by atoms with Crippen molar-refractivity contribution in [2.24, 2.45) is 11.8 Å². The van der Waals surface area contributed by atoms with E-state index < -0.39 is 0 Å². The SMILES string of the molecule is CC(C)C(=O)N1CCC[C@H](Cc2cccnc2)C1. The van der Waals surface area contributed by atoms with E-state index in [1.54, 1.807) is 6.20 Å². The average molecular weight is 246 g/mol. The van der Waals surface area contributed by atoms with Gasteiger partial charge in [-0.1, -0.05) is 19.9 Å². The van der Waals surface area contributed by atoms with Crippen LogP contribution < -0.4 is 0 Å². The zero-order valence-corrected chi connectivity index (χ0v) is 11.3.